The number of esters is 1. The summed E-state index contributed by atoms with van der Waals surface area (Å²) in [5.41, 5.74) is 0.243. The molecule has 7 rings (SSSR count). The number of hydrogen-bond donors (Lipinski definition) is 1. The lowest BCUT2D eigenvalue weighted by molar-refractivity contribution is -0.0617. The highest BCUT2D eigenvalue weighted by atomic mass is 16.5. The Labute approximate surface area is 264 Å². The van der Waals surface area contributed by atoms with Gasteiger partial charge in [-0.1, -0.05) is 12.8 Å². The molecule has 10 heteroatoms. The number of aromatic nitrogens is 2. The summed E-state index contributed by atoms with van der Waals surface area (Å²) in [7, 11) is 1.35. The van der Waals surface area contributed by atoms with E-state index in [0.717, 1.165) is 56.9 Å². The van der Waals surface area contributed by atoms with Gasteiger partial charge < -0.3 is 34.2 Å². The fourth-order valence-electron chi connectivity index (χ4n) is 7.65. The first kappa shape index (κ1) is 32.1. The van der Waals surface area contributed by atoms with Gasteiger partial charge in [0.2, 0.25) is 0 Å². The minimum Gasteiger partial charge on any atom is -0.464 e. The van der Waals surface area contributed by atoms with Crippen LogP contribution in [0, 0.1) is 0 Å². The molecule has 1 N–H and O–H groups in total. The van der Waals surface area contributed by atoms with E-state index in [9.17, 15) is 4.79 Å². The van der Waals surface area contributed by atoms with Gasteiger partial charge in [-0.2, -0.15) is 0 Å². The molecule has 2 aliphatic carbocycles. The number of rotatable bonds is 8. The van der Waals surface area contributed by atoms with E-state index >= 15 is 0 Å². The summed E-state index contributed by atoms with van der Waals surface area (Å²) in [4.78, 5) is 27.6. The van der Waals surface area contributed by atoms with Crippen LogP contribution in [0.2, 0.25) is 0 Å². The third-order valence-electron chi connectivity index (χ3n) is 11.0. The van der Waals surface area contributed by atoms with E-state index in [1.54, 1.807) is 6.20 Å². The van der Waals surface area contributed by atoms with Crippen molar-refractivity contribution in [3.63, 3.8) is 0 Å². The quantitative estimate of drug-likeness (QED) is 0.434. The van der Waals surface area contributed by atoms with Gasteiger partial charge in [0.15, 0.2) is 5.69 Å². The van der Waals surface area contributed by atoms with E-state index in [0.29, 0.717) is 24.4 Å². The Morgan fingerprint density at radius 1 is 0.659 bits per heavy atom. The van der Waals surface area contributed by atoms with Crippen molar-refractivity contribution in [3.8, 4) is 0 Å². The zero-order valence-corrected chi connectivity index (χ0v) is 27.0. The summed E-state index contributed by atoms with van der Waals surface area (Å²) >= 11 is 0. The Hall–Kier alpha value is -1.85. The van der Waals surface area contributed by atoms with E-state index in [1.165, 1.54) is 117 Å². The Kier molecular flexibility index (Phi) is 11.8. The first-order valence-electron chi connectivity index (χ1n) is 17.8. The van der Waals surface area contributed by atoms with Gasteiger partial charge in [-0.25, -0.2) is 14.8 Å². The number of nitrogens with one attached hydrogen (secondary N) is 1. The van der Waals surface area contributed by atoms with Crippen LogP contribution in [0.25, 0.3) is 0 Å². The van der Waals surface area contributed by atoms with Gasteiger partial charge in [-0.3, -0.25) is 0 Å². The SMILES string of the molecule is C1CC(N2CCC(OC3CCNCC3)CC2)C1.COC(=O)c1cnc(N2CCC(OC3CCN(C4CCC4)CC3)CC2)cn1. The van der Waals surface area contributed by atoms with Crippen molar-refractivity contribution in [2.24, 2.45) is 0 Å². The first-order valence-corrected chi connectivity index (χ1v) is 17.8. The molecule has 10 nitrogen and oxygen atoms in total. The largest absolute Gasteiger partial charge is 0.464 e. The molecule has 4 saturated heterocycles. The average molecular weight is 613 g/mol. The van der Waals surface area contributed by atoms with E-state index < -0.39 is 5.97 Å². The van der Waals surface area contributed by atoms with Crippen LogP contribution in [-0.2, 0) is 14.2 Å². The first-order chi connectivity index (χ1) is 21.6. The van der Waals surface area contributed by atoms with Gasteiger partial charge in [0, 0.05) is 51.4 Å². The summed E-state index contributed by atoms with van der Waals surface area (Å²) in [6.45, 7) is 9.08. The summed E-state index contributed by atoms with van der Waals surface area (Å²) < 4.78 is 17.3. The molecule has 6 fully saturated rings. The second kappa shape index (κ2) is 16.1. The molecule has 0 spiro atoms. The van der Waals surface area contributed by atoms with Gasteiger partial charge in [0.25, 0.3) is 0 Å². The summed E-state index contributed by atoms with van der Waals surface area (Å²) in [5.74, 6) is 0.361. The Morgan fingerprint density at radius 3 is 1.55 bits per heavy atom. The number of carbonyl (C=O) groups excluding carboxylic acids is 1. The Balaban J connectivity index is 0.000000173. The van der Waals surface area contributed by atoms with Crippen LogP contribution in [0.4, 0.5) is 5.82 Å². The van der Waals surface area contributed by atoms with Crippen molar-refractivity contribution in [2.75, 3.05) is 64.4 Å². The average Bonchev–Trinajstić information content (AvgIpc) is 3.02. The molecule has 0 atom stereocenters. The number of methoxy groups -OCH3 is 1. The molecule has 0 unspecified atom stereocenters. The fraction of sp³-hybridized carbons (Fsp3) is 0.853. The number of nitrogens with zero attached hydrogens (tertiary/aromatic N) is 5. The third-order valence-corrected chi connectivity index (χ3v) is 11.0. The van der Waals surface area contributed by atoms with Crippen LogP contribution >= 0.6 is 0 Å². The van der Waals surface area contributed by atoms with E-state index in [-0.39, 0.29) is 5.69 Å². The van der Waals surface area contributed by atoms with Crippen LogP contribution in [0.5, 0.6) is 0 Å². The molecular weight excluding hydrogens is 556 g/mol. The van der Waals surface area contributed by atoms with Crippen molar-refractivity contribution in [3.05, 3.63) is 18.1 Å². The molecule has 44 heavy (non-hydrogen) atoms. The van der Waals surface area contributed by atoms with Crippen LogP contribution in [-0.4, -0.2) is 122 Å². The van der Waals surface area contributed by atoms with E-state index in [2.05, 4.69) is 34.7 Å². The van der Waals surface area contributed by atoms with E-state index in [4.69, 9.17) is 9.47 Å². The number of carbonyl (C=O) groups is 1. The molecule has 6 aliphatic rings. The predicted molar refractivity (Wildman–Crippen MR) is 171 cm³/mol. The van der Waals surface area contributed by atoms with Gasteiger partial charge in [-0.15, -0.1) is 0 Å². The molecule has 5 heterocycles. The molecule has 2 saturated carbocycles. The van der Waals surface area contributed by atoms with Gasteiger partial charge in [-0.05, 0) is 90.1 Å². The third kappa shape index (κ3) is 8.69. The van der Waals surface area contributed by atoms with Crippen LogP contribution in [0.3, 0.4) is 0 Å². The van der Waals surface area contributed by atoms with Crippen molar-refractivity contribution >= 4 is 11.8 Å². The van der Waals surface area contributed by atoms with Crippen LogP contribution in [0.15, 0.2) is 12.4 Å². The standard InChI is InChI=1S/C20H30N4O3.C14H26N2O/c1-26-20(25)18-13-22-19(14-21-18)24-11-7-17(8-12-24)27-16-5-9-23(10-6-16)15-3-2-4-15;1-2-12(3-1)16-10-6-14(7-11-16)17-13-4-8-15-9-5-13/h13-17H,2-12H2,1H3;12-15H,1-11H2. The van der Waals surface area contributed by atoms with Crippen LogP contribution in [0.1, 0.15) is 100 Å². The number of ether oxygens (including phenoxy) is 3. The summed E-state index contributed by atoms with van der Waals surface area (Å²) in [5, 5.41) is 3.40. The maximum absolute atomic E-state index is 11.5. The highest BCUT2D eigenvalue weighted by Gasteiger charge is 2.32. The van der Waals surface area contributed by atoms with Gasteiger partial charge in [0.1, 0.15) is 5.82 Å². The minimum atomic E-state index is -0.454. The Morgan fingerprint density at radius 2 is 1.14 bits per heavy atom. The minimum absolute atomic E-state index is 0.243. The maximum Gasteiger partial charge on any atom is 0.358 e. The lowest BCUT2D eigenvalue weighted by Gasteiger charge is -2.42. The normalized spacial score (nSPS) is 26.0. The zero-order chi connectivity index (χ0) is 30.1. The van der Waals surface area contributed by atoms with Gasteiger partial charge >= 0.3 is 5.97 Å². The molecule has 0 amide bonds. The van der Waals surface area contributed by atoms with Crippen molar-refractivity contribution in [1.82, 2.24) is 25.1 Å². The number of anilines is 1. The van der Waals surface area contributed by atoms with Crippen LogP contribution < -0.4 is 10.2 Å². The molecule has 0 bridgehead atoms. The summed E-state index contributed by atoms with van der Waals surface area (Å²) in [6, 6.07) is 1.79. The van der Waals surface area contributed by atoms with E-state index in [1.807, 2.05) is 0 Å². The lowest BCUT2D eigenvalue weighted by Crippen LogP contribution is -2.47. The smallest absolute Gasteiger partial charge is 0.358 e. The molecular formula is C34H56N6O4. The fourth-order valence-corrected chi connectivity index (χ4v) is 7.65. The Bertz CT molecular complexity index is 992. The molecule has 0 radical (unpaired) electrons. The van der Waals surface area contributed by atoms with Crippen molar-refractivity contribution in [2.45, 2.75) is 126 Å². The lowest BCUT2D eigenvalue weighted by atomic mass is 9.89. The van der Waals surface area contributed by atoms with Crippen molar-refractivity contribution < 1.29 is 19.0 Å². The summed E-state index contributed by atoms with van der Waals surface area (Å²) in [6.07, 6.45) is 22.9. The molecule has 0 aromatic carbocycles. The number of likely N-dealkylation sites (tertiary alicyclic amines) is 2. The second-order valence-electron chi connectivity index (χ2n) is 13.8. The second-order valence-corrected chi connectivity index (χ2v) is 13.8. The molecule has 246 valence electrons. The maximum atomic E-state index is 11.5. The highest BCUT2D eigenvalue weighted by molar-refractivity contribution is 5.86. The molecule has 1 aromatic rings. The van der Waals surface area contributed by atoms with Crippen molar-refractivity contribution in [1.29, 1.82) is 0 Å². The predicted octanol–water partition coefficient (Wildman–Crippen LogP) is 4.04. The topological polar surface area (TPSA) is 92.3 Å². The zero-order valence-electron chi connectivity index (χ0n) is 27.0. The monoisotopic (exact) mass is 612 g/mol. The van der Waals surface area contributed by atoms with Gasteiger partial charge in [0.05, 0.1) is 43.9 Å². The highest BCUT2D eigenvalue weighted by Crippen LogP contribution is 2.30. The molecule has 4 aliphatic heterocycles. The molecule has 1 aromatic heterocycles. The number of hydrogen-bond acceptors (Lipinski definition) is 10. The number of piperidine rings is 4.